The minimum Gasteiger partial charge on any atom is -0.466 e. The number of carbonyl (C=O) groups is 1. The van der Waals surface area contributed by atoms with Crippen molar-refractivity contribution in [2.45, 2.75) is 12.7 Å². The summed E-state index contributed by atoms with van der Waals surface area (Å²) in [5.74, 6) is -0.592. The number of alkyl halides is 3. The van der Waals surface area contributed by atoms with Crippen molar-refractivity contribution < 1.29 is 22.7 Å². The predicted molar refractivity (Wildman–Crippen MR) is 84.7 cm³/mol. The zero-order chi connectivity index (χ0) is 17.6. The van der Waals surface area contributed by atoms with E-state index in [-0.39, 0.29) is 0 Å². The molecule has 126 valence electrons. The summed E-state index contributed by atoms with van der Waals surface area (Å²) in [7, 11) is 1.24. The van der Waals surface area contributed by atoms with E-state index in [0.29, 0.717) is 17.8 Å². The number of hydrogen-bond acceptors (Lipinski definition) is 3. The van der Waals surface area contributed by atoms with E-state index < -0.39 is 17.7 Å². The van der Waals surface area contributed by atoms with E-state index in [4.69, 9.17) is 0 Å². The Morgan fingerprint density at radius 1 is 1.08 bits per heavy atom. The van der Waals surface area contributed by atoms with E-state index >= 15 is 0 Å². The van der Waals surface area contributed by atoms with Gasteiger partial charge in [0.15, 0.2) is 0 Å². The lowest BCUT2D eigenvalue weighted by atomic mass is 10.1. The highest BCUT2D eigenvalue weighted by molar-refractivity contribution is 5.90. The summed E-state index contributed by atoms with van der Waals surface area (Å²) in [5, 5.41) is 3.05. The molecule has 0 aromatic heterocycles. The van der Waals surface area contributed by atoms with Gasteiger partial charge in [0.1, 0.15) is 0 Å². The Kier molecular flexibility index (Phi) is 5.63. The standard InChI is InChI=1S/C18H16F3NO2/c1-24-17(23)11-16(22-12-13-5-3-2-4-6-13)14-7-9-15(10-8-14)18(19,20)21/h2-11,22H,12H2,1H3/b16-11-. The van der Waals surface area contributed by atoms with E-state index in [9.17, 15) is 18.0 Å². The molecule has 2 aromatic carbocycles. The fourth-order valence-electron chi connectivity index (χ4n) is 2.05. The Hall–Kier alpha value is -2.76. The van der Waals surface area contributed by atoms with Crippen LogP contribution in [0.1, 0.15) is 16.7 Å². The maximum absolute atomic E-state index is 12.7. The van der Waals surface area contributed by atoms with Gasteiger partial charge in [0.05, 0.1) is 12.7 Å². The molecule has 0 radical (unpaired) electrons. The van der Waals surface area contributed by atoms with Crippen LogP contribution in [0.3, 0.4) is 0 Å². The van der Waals surface area contributed by atoms with Crippen molar-refractivity contribution in [3.05, 3.63) is 77.4 Å². The lowest BCUT2D eigenvalue weighted by Crippen LogP contribution is -2.14. The van der Waals surface area contributed by atoms with Crippen LogP contribution in [0.4, 0.5) is 13.2 Å². The SMILES string of the molecule is COC(=O)/C=C(\NCc1ccccc1)c1ccc(C(F)(F)F)cc1. The van der Waals surface area contributed by atoms with Gasteiger partial charge in [-0.25, -0.2) is 4.79 Å². The second-order valence-corrected chi connectivity index (χ2v) is 5.00. The van der Waals surface area contributed by atoms with Gasteiger partial charge in [0, 0.05) is 18.3 Å². The molecule has 0 unspecified atom stereocenters. The van der Waals surface area contributed by atoms with Crippen molar-refractivity contribution in [2.75, 3.05) is 7.11 Å². The highest BCUT2D eigenvalue weighted by atomic mass is 19.4. The summed E-state index contributed by atoms with van der Waals surface area (Å²) >= 11 is 0. The summed E-state index contributed by atoms with van der Waals surface area (Å²) in [6.07, 6.45) is -3.19. The van der Waals surface area contributed by atoms with Crippen LogP contribution in [-0.4, -0.2) is 13.1 Å². The van der Waals surface area contributed by atoms with Gasteiger partial charge in [0.2, 0.25) is 0 Å². The molecule has 0 amide bonds. The molecule has 1 N–H and O–H groups in total. The molecule has 0 aliphatic heterocycles. The van der Waals surface area contributed by atoms with E-state index in [1.54, 1.807) is 0 Å². The molecular formula is C18H16F3NO2. The zero-order valence-electron chi connectivity index (χ0n) is 12.9. The van der Waals surface area contributed by atoms with Crippen molar-refractivity contribution in [2.24, 2.45) is 0 Å². The Labute approximate surface area is 137 Å². The highest BCUT2D eigenvalue weighted by Crippen LogP contribution is 2.29. The molecule has 0 aliphatic carbocycles. The lowest BCUT2D eigenvalue weighted by Gasteiger charge is -2.13. The first kappa shape index (κ1) is 17.6. The summed E-state index contributed by atoms with van der Waals surface area (Å²) in [4.78, 5) is 11.5. The molecule has 2 rings (SSSR count). The lowest BCUT2D eigenvalue weighted by molar-refractivity contribution is -0.137. The van der Waals surface area contributed by atoms with Crippen LogP contribution >= 0.6 is 0 Å². The Bertz CT molecular complexity index is 707. The van der Waals surface area contributed by atoms with Crippen molar-refractivity contribution >= 4 is 11.7 Å². The van der Waals surface area contributed by atoms with Gasteiger partial charge in [-0.3, -0.25) is 0 Å². The monoisotopic (exact) mass is 335 g/mol. The maximum Gasteiger partial charge on any atom is 0.416 e. The Morgan fingerprint density at radius 2 is 1.71 bits per heavy atom. The maximum atomic E-state index is 12.7. The van der Waals surface area contributed by atoms with Crippen LogP contribution in [0.25, 0.3) is 5.70 Å². The molecule has 0 saturated carbocycles. The number of halogens is 3. The molecule has 0 fully saturated rings. The van der Waals surface area contributed by atoms with Crippen LogP contribution in [0.2, 0.25) is 0 Å². The molecule has 0 atom stereocenters. The summed E-state index contributed by atoms with van der Waals surface area (Å²) in [6, 6.07) is 14.0. The molecular weight excluding hydrogens is 319 g/mol. The normalized spacial score (nSPS) is 11.9. The molecule has 24 heavy (non-hydrogen) atoms. The van der Waals surface area contributed by atoms with Crippen LogP contribution < -0.4 is 5.32 Å². The van der Waals surface area contributed by atoms with Gasteiger partial charge in [-0.05, 0) is 23.3 Å². The van der Waals surface area contributed by atoms with E-state index in [1.807, 2.05) is 30.3 Å². The van der Waals surface area contributed by atoms with Gasteiger partial charge in [0.25, 0.3) is 0 Å². The van der Waals surface area contributed by atoms with Crippen molar-refractivity contribution in [3.8, 4) is 0 Å². The van der Waals surface area contributed by atoms with Crippen LogP contribution in [-0.2, 0) is 22.3 Å². The van der Waals surface area contributed by atoms with E-state index in [2.05, 4.69) is 10.1 Å². The average Bonchev–Trinajstić information content (AvgIpc) is 2.58. The minimum atomic E-state index is -4.40. The largest absolute Gasteiger partial charge is 0.466 e. The van der Waals surface area contributed by atoms with E-state index in [1.165, 1.54) is 25.3 Å². The quantitative estimate of drug-likeness (QED) is 0.663. The fraction of sp³-hybridized carbons (Fsp3) is 0.167. The van der Waals surface area contributed by atoms with Crippen molar-refractivity contribution in [1.82, 2.24) is 5.32 Å². The number of esters is 1. The van der Waals surface area contributed by atoms with Gasteiger partial charge in [-0.2, -0.15) is 13.2 Å². The minimum absolute atomic E-state index is 0.388. The first-order valence-corrected chi connectivity index (χ1v) is 7.15. The summed E-state index contributed by atoms with van der Waals surface area (Å²) < 4.78 is 42.5. The number of nitrogens with one attached hydrogen (secondary N) is 1. The summed E-state index contributed by atoms with van der Waals surface area (Å²) in [6.45, 7) is 0.421. The van der Waals surface area contributed by atoms with Crippen molar-refractivity contribution in [3.63, 3.8) is 0 Å². The topological polar surface area (TPSA) is 38.3 Å². The number of benzene rings is 2. The average molecular weight is 335 g/mol. The number of ether oxygens (including phenoxy) is 1. The third kappa shape index (κ3) is 4.87. The first-order valence-electron chi connectivity index (χ1n) is 7.15. The third-order valence-corrected chi connectivity index (χ3v) is 3.31. The first-order chi connectivity index (χ1) is 11.4. The third-order valence-electron chi connectivity index (χ3n) is 3.31. The predicted octanol–water partition coefficient (Wildman–Crippen LogP) is 4.01. The molecule has 0 aliphatic rings. The second-order valence-electron chi connectivity index (χ2n) is 5.00. The van der Waals surface area contributed by atoms with Gasteiger partial charge >= 0.3 is 12.1 Å². The molecule has 6 heteroatoms. The number of rotatable bonds is 5. The molecule has 0 spiro atoms. The zero-order valence-corrected chi connectivity index (χ0v) is 12.9. The molecule has 0 saturated heterocycles. The number of methoxy groups -OCH3 is 1. The molecule has 0 bridgehead atoms. The highest BCUT2D eigenvalue weighted by Gasteiger charge is 2.30. The molecule has 3 nitrogen and oxygen atoms in total. The number of carbonyl (C=O) groups excluding carboxylic acids is 1. The van der Waals surface area contributed by atoms with Gasteiger partial charge in [-0.1, -0.05) is 42.5 Å². The Balaban J connectivity index is 2.23. The summed E-state index contributed by atoms with van der Waals surface area (Å²) in [5.41, 5.74) is 1.08. The smallest absolute Gasteiger partial charge is 0.416 e. The van der Waals surface area contributed by atoms with E-state index in [0.717, 1.165) is 17.7 Å². The molecule has 2 aromatic rings. The van der Waals surface area contributed by atoms with Gasteiger partial charge < -0.3 is 10.1 Å². The van der Waals surface area contributed by atoms with Crippen LogP contribution in [0.5, 0.6) is 0 Å². The number of hydrogen-bond donors (Lipinski definition) is 1. The molecule has 0 heterocycles. The van der Waals surface area contributed by atoms with Crippen LogP contribution in [0, 0.1) is 0 Å². The van der Waals surface area contributed by atoms with Crippen molar-refractivity contribution in [1.29, 1.82) is 0 Å². The fourth-order valence-corrected chi connectivity index (χ4v) is 2.05. The Morgan fingerprint density at radius 3 is 2.25 bits per heavy atom. The van der Waals surface area contributed by atoms with Crippen LogP contribution in [0.15, 0.2) is 60.7 Å². The van der Waals surface area contributed by atoms with Gasteiger partial charge in [-0.15, -0.1) is 0 Å². The second kappa shape index (κ2) is 7.68.